The summed E-state index contributed by atoms with van der Waals surface area (Å²) in [6, 6.07) is 4.51. The van der Waals surface area contributed by atoms with Crippen LogP contribution >= 0.6 is 11.6 Å². The Hall–Kier alpha value is -0.970. The number of fused-ring (bicyclic) bond motifs is 3. The number of nitrogens with one attached hydrogen (secondary N) is 1. The molecule has 3 aliphatic rings. The van der Waals surface area contributed by atoms with E-state index in [1.165, 1.54) is 25.9 Å². The van der Waals surface area contributed by atoms with Crippen molar-refractivity contribution >= 4 is 11.6 Å². The van der Waals surface area contributed by atoms with E-state index in [0.717, 1.165) is 24.6 Å². The van der Waals surface area contributed by atoms with Crippen LogP contribution in [0.3, 0.4) is 0 Å². The van der Waals surface area contributed by atoms with E-state index < -0.39 is 0 Å². The van der Waals surface area contributed by atoms with Crippen LogP contribution in [0, 0.1) is 5.92 Å². The molecule has 4 nitrogen and oxygen atoms in total. The van der Waals surface area contributed by atoms with E-state index in [-0.39, 0.29) is 0 Å². The summed E-state index contributed by atoms with van der Waals surface area (Å²) in [5.41, 5.74) is 1.06. The molecule has 4 rings (SSSR count). The SMILES string of the molecule is COc1ccc(CNC2CN3CCC2CC3)c(Cl)c1OC. The Morgan fingerprint density at radius 1 is 1.24 bits per heavy atom. The molecule has 1 N–H and O–H groups in total. The smallest absolute Gasteiger partial charge is 0.179 e. The highest BCUT2D eigenvalue weighted by atomic mass is 35.5. The molecule has 3 fully saturated rings. The van der Waals surface area contributed by atoms with Gasteiger partial charge in [0.1, 0.15) is 0 Å². The van der Waals surface area contributed by atoms with Gasteiger partial charge in [0, 0.05) is 19.1 Å². The molecule has 0 aromatic heterocycles. The maximum absolute atomic E-state index is 6.43. The molecule has 1 atom stereocenters. The molecule has 1 unspecified atom stereocenters. The van der Waals surface area contributed by atoms with Crippen molar-refractivity contribution in [2.75, 3.05) is 33.9 Å². The first kappa shape index (κ1) is 14.9. The zero-order valence-corrected chi connectivity index (χ0v) is 13.4. The third-order valence-corrected chi connectivity index (χ3v) is 5.19. The number of benzene rings is 1. The van der Waals surface area contributed by atoms with Crippen molar-refractivity contribution in [1.29, 1.82) is 0 Å². The average molecular weight is 311 g/mol. The Balaban J connectivity index is 1.68. The summed E-state index contributed by atoms with van der Waals surface area (Å²) in [6.07, 6.45) is 2.63. The van der Waals surface area contributed by atoms with Gasteiger partial charge < -0.3 is 19.7 Å². The van der Waals surface area contributed by atoms with Gasteiger partial charge in [-0.3, -0.25) is 0 Å². The maximum atomic E-state index is 6.43. The van der Waals surface area contributed by atoms with Gasteiger partial charge in [-0.25, -0.2) is 0 Å². The number of ether oxygens (including phenoxy) is 2. The van der Waals surface area contributed by atoms with Crippen LogP contribution in [0.25, 0.3) is 0 Å². The van der Waals surface area contributed by atoms with Crippen LogP contribution < -0.4 is 14.8 Å². The first-order chi connectivity index (χ1) is 10.2. The first-order valence-corrected chi connectivity index (χ1v) is 7.95. The molecule has 21 heavy (non-hydrogen) atoms. The number of hydrogen-bond acceptors (Lipinski definition) is 4. The summed E-state index contributed by atoms with van der Waals surface area (Å²) in [5.74, 6) is 2.11. The monoisotopic (exact) mass is 310 g/mol. The van der Waals surface area contributed by atoms with Gasteiger partial charge in [0.05, 0.1) is 19.2 Å². The molecule has 3 saturated heterocycles. The fourth-order valence-corrected chi connectivity index (χ4v) is 3.80. The van der Waals surface area contributed by atoms with Crippen LogP contribution in [0.15, 0.2) is 12.1 Å². The quantitative estimate of drug-likeness (QED) is 0.906. The van der Waals surface area contributed by atoms with E-state index in [2.05, 4.69) is 10.2 Å². The van der Waals surface area contributed by atoms with Gasteiger partial charge >= 0.3 is 0 Å². The van der Waals surface area contributed by atoms with Gasteiger partial charge in [0.25, 0.3) is 0 Å². The van der Waals surface area contributed by atoms with Crippen molar-refractivity contribution in [1.82, 2.24) is 10.2 Å². The van der Waals surface area contributed by atoms with Gasteiger partial charge in [-0.05, 0) is 43.5 Å². The highest BCUT2D eigenvalue weighted by molar-refractivity contribution is 6.33. The number of piperidine rings is 3. The number of rotatable bonds is 5. The number of halogens is 1. The van der Waals surface area contributed by atoms with Gasteiger partial charge in [0.15, 0.2) is 11.5 Å². The van der Waals surface area contributed by atoms with Crippen LogP contribution in [0.4, 0.5) is 0 Å². The minimum absolute atomic E-state index is 0.580. The summed E-state index contributed by atoms with van der Waals surface area (Å²) in [7, 11) is 3.24. The predicted molar refractivity (Wildman–Crippen MR) is 84.3 cm³/mol. The molecule has 0 saturated carbocycles. The molecule has 3 aliphatic heterocycles. The van der Waals surface area contributed by atoms with E-state index in [1.807, 2.05) is 12.1 Å². The molecule has 0 aliphatic carbocycles. The lowest BCUT2D eigenvalue weighted by Crippen LogP contribution is -2.55. The first-order valence-electron chi connectivity index (χ1n) is 7.58. The van der Waals surface area contributed by atoms with Gasteiger partial charge in [-0.15, -0.1) is 0 Å². The highest BCUT2D eigenvalue weighted by Crippen LogP contribution is 2.37. The Labute approximate surface area is 131 Å². The second-order valence-electron chi connectivity index (χ2n) is 5.90. The highest BCUT2D eigenvalue weighted by Gasteiger charge is 2.33. The minimum atomic E-state index is 0.580. The fourth-order valence-electron chi connectivity index (χ4n) is 3.50. The van der Waals surface area contributed by atoms with Crippen molar-refractivity contribution in [3.05, 3.63) is 22.7 Å². The topological polar surface area (TPSA) is 33.7 Å². The standard InChI is InChI=1S/C16H23ClN2O2/c1-20-14-4-3-12(15(17)16(14)21-2)9-18-13-10-19-7-5-11(13)6-8-19/h3-4,11,13,18H,5-10H2,1-2H3. The fraction of sp³-hybridized carbons (Fsp3) is 0.625. The number of hydrogen-bond donors (Lipinski definition) is 1. The second kappa shape index (κ2) is 6.42. The van der Waals surface area contributed by atoms with E-state index in [1.54, 1.807) is 14.2 Å². The maximum Gasteiger partial charge on any atom is 0.179 e. The third-order valence-electron chi connectivity index (χ3n) is 4.78. The molecular weight excluding hydrogens is 288 g/mol. The van der Waals surface area contributed by atoms with Crippen LogP contribution in [0.2, 0.25) is 5.02 Å². The summed E-state index contributed by atoms with van der Waals surface area (Å²) in [6.45, 7) is 4.46. The van der Waals surface area contributed by atoms with Crippen LogP contribution in [0.1, 0.15) is 18.4 Å². The minimum Gasteiger partial charge on any atom is -0.493 e. The van der Waals surface area contributed by atoms with E-state index in [4.69, 9.17) is 21.1 Å². The van der Waals surface area contributed by atoms with E-state index in [0.29, 0.717) is 22.6 Å². The lowest BCUT2D eigenvalue weighted by molar-refractivity contribution is 0.0720. The molecule has 1 aromatic rings. The van der Waals surface area contributed by atoms with Crippen molar-refractivity contribution in [3.63, 3.8) is 0 Å². The number of nitrogens with zero attached hydrogens (tertiary/aromatic N) is 1. The molecule has 5 heteroatoms. The van der Waals surface area contributed by atoms with Crippen LogP contribution in [0.5, 0.6) is 11.5 Å². The van der Waals surface area contributed by atoms with Gasteiger partial charge in [-0.1, -0.05) is 17.7 Å². The normalized spacial score (nSPS) is 27.7. The average Bonchev–Trinajstić information content (AvgIpc) is 2.54. The predicted octanol–water partition coefficient (Wildman–Crippen LogP) is 2.54. The largest absolute Gasteiger partial charge is 0.493 e. The molecule has 116 valence electrons. The van der Waals surface area contributed by atoms with Crippen LogP contribution in [-0.4, -0.2) is 44.8 Å². The Bertz CT molecular complexity index is 501. The van der Waals surface area contributed by atoms with E-state index in [9.17, 15) is 0 Å². The summed E-state index contributed by atoms with van der Waals surface area (Å²) in [4.78, 5) is 2.55. The Morgan fingerprint density at radius 3 is 2.57 bits per heavy atom. The molecule has 0 amide bonds. The van der Waals surface area contributed by atoms with E-state index >= 15 is 0 Å². The zero-order valence-electron chi connectivity index (χ0n) is 12.7. The third kappa shape index (κ3) is 2.98. The van der Waals surface area contributed by atoms with Crippen molar-refractivity contribution < 1.29 is 9.47 Å². The zero-order chi connectivity index (χ0) is 14.8. The summed E-state index contributed by atoms with van der Waals surface area (Å²) >= 11 is 6.43. The second-order valence-corrected chi connectivity index (χ2v) is 6.28. The molecule has 1 aromatic carbocycles. The summed E-state index contributed by atoms with van der Waals surface area (Å²) < 4.78 is 10.6. The van der Waals surface area contributed by atoms with Gasteiger partial charge in [0.2, 0.25) is 0 Å². The molecule has 0 radical (unpaired) electrons. The van der Waals surface area contributed by atoms with Gasteiger partial charge in [-0.2, -0.15) is 0 Å². The summed E-state index contributed by atoms with van der Waals surface area (Å²) in [5, 5.41) is 4.32. The lowest BCUT2D eigenvalue weighted by Gasteiger charge is -2.45. The molecular formula is C16H23ClN2O2. The van der Waals surface area contributed by atoms with Crippen molar-refractivity contribution in [2.45, 2.75) is 25.4 Å². The van der Waals surface area contributed by atoms with Crippen molar-refractivity contribution in [3.8, 4) is 11.5 Å². The van der Waals surface area contributed by atoms with Crippen molar-refractivity contribution in [2.24, 2.45) is 5.92 Å². The Morgan fingerprint density at radius 2 is 2.00 bits per heavy atom. The number of methoxy groups -OCH3 is 2. The Kier molecular flexibility index (Phi) is 4.57. The van der Waals surface area contributed by atoms with Crippen LogP contribution in [-0.2, 0) is 6.54 Å². The lowest BCUT2D eigenvalue weighted by atomic mass is 9.84. The molecule has 3 heterocycles. The molecule has 2 bridgehead atoms. The molecule has 0 spiro atoms.